The fraction of sp³-hybridized carbons (Fsp3) is 0.143. The summed E-state index contributed by atoms with van der Waals surface area (Å²) in [6, 6.07) is 18.6. The predicted molar refractivity (Wildman–Crippen MR) is 109 cm³/mol. The molecule has 2 N–H and O–H groups in total. The number of amides is 1. The molecule has 0 atom stereocenters. The van der Waals surface area contributed by atoms with Gasteiger partial charge in [0.15, 0.2) is 0 Å². The third kappa shape index (κ3) is 5.21. The molecule has 0 fully saturated rings. The third-order valence-corrected chi connectivity index (χ3v) is 4.33. The number of methoxy groups -OCH3 is 1. The van der Waals surface area contributed by atoms with E-state index >= 15 is 0 Å². The highest BCUT2D eigenvalue weighted by atomic mass is 35.5. The van der Waals surface area contributed by atoms with Gasteiger partial charge in [0.25, 0.3) is 5.91 Å². The minimum Gasteiger partial charge on any atom is -0.497 e. The number of hydrogen-bond donors (Lipinski definition) is 2. The Labute approximate surface area is 163 Å². The molecule has 0 saturated carbocycles. The van der Waals surface area contributed by atoms with Crippen molar-refractivity contribution in [1.29, 1.82) is 0 Å². The first-order valence-electron chi connectivity index (χ1n) is 8.54. The number of rotatable bonds is 7. The quantitative estimate of drug-likeness (QED) is 0.625. The van der Waals surface area contributed by atoms with E-state index in [1.165, 1.54) is 5.56 Å². The molecule has 6 heteroatoms. The van der Waals surface area contributed by atoms with Crippen molar-refractivity contribution in [2.24, 2.45) is 0 Å². The van der Waals surface area contributed by atoms with E-state index in [0.29, 0.717) is 22.1 Å². The number of benzene rings is 2. The van der Waals surface area contributed by atoms with E-state index in [-0.39, 0.29) is 5.91 Å². The lowest BCUT2D eigenvalue weighted by Gasteiger charge is -2.09. The Morgan fingerprint density at radius 3 is 2.70 bits per heavy atom. The van der Waals surface area contributed by atoms with Crippen LogP contribution in [0.25, 0.3) is 0 Å². The second-order valence-electron chi connectivity index (χ2n) is 5.89. The molecule has 0 spiro atoms. The lowest BCUT2D eigenvalue weighted by Crippen LogP contribution is -2.13. The summed E-state index contributed by atoms with van der Waals surface area (Å²) in [5.41, 5.74) is 2.22. The first-order chi connectivity index (χ1) is 13.2. The number of hydrogen-bond acceptors (Lipinski definition) is 4. The van der Waals surface area contributed by atoms with E-state index in [0.717, 1.165) is 18.7 Å². The molecule has 0 aliphatic rings. The van der Waals surface area contributed by atoms with Gasteiger partial charge >= 0.3 is 0 Å². The number of carbonyl (C=O) groups excluding carboxylic acids is 1. The third-order valence-electron chi connectivity index (χ3n) is 4.00. The minimum atomic E-state index is -0.251. The predicted octanol–water partition coefficient (Wildman–Crippen LogP) is 4.65. The van der Waals surface area contributed by atoms with Crippen LogP contribution in [0.1, 0.15) is 15.9 Å². The van der Waals surface area contributed by atoms with Gasteiger partial charge in [0.05, 0.1) is 23.4 Å². The lowest BCUT2D eigenvalue weighted by atomic mass is 10.1. The highest BCUT2D eigenvalue weighted by molar-refractivity contribution is 6.33. The highest BCUT2D eigenvalue weighted by Crippen LogP contribution is 2.21. The number of aromatic nitrogens is 1. The molecule has 0 saturated heterocycles. The van der Waals surface area contributed by atoms with E-state index < -0.39 is 0 Å². The first-order valence-corrected chi connectivity index (χ1v) is 8.92. The van der Waals surface area contributed by atoms with Gasteiger partial charge in [-0.15, -0.1) is 0 Å². The van der Waals surface area contributed by atoms with E-state index in [1.54, 1.807) is 37.6 Å². The van der Waals surface area contributed by atoms with Gasteiger partial charge in [-0.3, -0.25) is 4.79 Å². The zero-order valence-corrected chi connectivity index (χ0v) is 15.7. The number of ether oxygens (including phenoxy) is 1. The van der Waals surface area contributed by atoms with Crippen LogP contribution < -0.4 is 15.4 Å². The zero-order valence-electron chi connectivity index (χ0n) is 14.9. The molecular weight excluding hydrogens is 362 g/mol. The molecule has 1 aromatic heterocycles. The summed E-state index contributed by atoms with van der Waals surface area (Å²) in [5, 5.41) is 6.52. The Morgan fingerprint density at radius 1 is 1.11 bits per heavy atom. The van der Waals surface area contributed by atoms with Crippen molar-refractivity contribution >= 4 is 29.0 Å². The van der Waals surface area contributed by atoms with E-state index in [1.807, 2.05) is 30.3 Å². The number of anilines is 2. The maximum absolute atomic E-state index is 12.3. The standard InChI is InChI=1S/C21H20ClN3O2/c1-27-17-6-4-5-15(13-17)11-12-23-20-10-9-16(14-24-20)21(26)25-19-8-3-2-7-18(19)22/h2-10,13-14H,11-12H2,1H3,(H,23,24)(H,25,26). The van der Waals surface area contributed by atoms with Crippen molar-refractivity contribution in [2.75, 3.05) is 24.3 Å². The maximum atomic E-state index is 12.3. The van der Waals surface area contributed by atoms with Gasteiger partial charge in [0, 0.05) is 12.7 Å². The van der Waals surface area contributed by atoms with Gasteiger partial charge in [-0.2, -0.15) is 0 Å². The molecule has 1 heterocycles. The molecule has 3 aromatic rings. The van der Waals surface area contributed by atoms with Gasteiger partial charge in [0.1, 0.15) is 11.6 Å². The SMILES string of the molecule is COc1cccc(CCNc2ccc(C(=O)Nc3ccccc3Cl)cn2)c1. The summed E-state index contributed by atoms with van der Waals surface area (Å²) in [6.07, 6.45) is 2.38. The van der Waals surface area contributed by atoms with Crippen molar-refractivity contribution in [3.05, 3.63) is 83.0 Å². The van der Waals surface area contributed by atoms with Gasteiger partial charge < -0.3 is 15.4 Å². The second-order valence-corrected chi connectivity index (χ2v) is 6.30. The normalized spacial score (nSPS) is 10.3. The van der Waals surface area contributed by atoms with E-state index in [9.17, 15) is 4.79 Å². The molecule has 0 radical (unpaired) electrons. The van der Waals surface area contributed by atoms with Gasteiger partial charge in [-0.1, -0.05) is 35.9 Å². The molecule has 1 amide bonds. The Morgan fingerprint density at radius 2 is 1.96 bits per heavy atom. The van der Waals surface area contributed by atoms with Crippen LogP contribution in [0.4, 0.5) is 11.5 Å². The molecule has 0 unspecified atom stereocenters. The van der Waals surface area contributed by atoms with Crippen LogP contribution in [0.5, 0.6) is 5.75 Å². The smallest absolute Gasteiger partial charge is 0.257 e. The molecule has 5 nitrogen and oxygen atoms in total. The Kier molecular flexibility index (Phi) is 6.28. The molecule has 0 aliphatic heterocycles. The summed E-state index contributed by atoms with van der Waals surface area (Å²) < 4.78 is 5.23. The van der Waals surface area contributed by atoms with Crippen molar-refractivity contribution in [3.8, 4) is 5.75 Å². The van der Waals surface area contributed by atoms with Crippen molar-refractivity contribution in [1.82, 2.24) is 4.98 Å². The number of carbonyl (C=O) groups is 1. The lowest BCUT2D eigenvalue weighted by molar-refractivity contribution is 0.102. The number of pyridine rings is 1. The summed E-state index contributed by atoms with van der Waals surface area (Å²) in [7, 11) is 1.66. The molecule has 0 bridgehead atoms. The second kappa shape index (κ2) is 9.05. The summed E-state index contributed by atoms with van der Waals surface area (Å²) in [6.45, 7) is 0.728. The maximum Gasteiger partial charge on any atom is 0.257 e. The molecule has 0 aliphatic carbocycles. The Balaban J connectivity index is 1.53. The number of halogens is 1. The van der Waals surface area contributed by atoms with Gasteiger partial charge in [-0.25, -0.2) is 4.98 Å². The average Bonchev–Trinajstić information content (AvgIpc) is 2.70. The van der Waals surface area contributed by atoms with Crippen LogP contribution in [-0.2, 0) is 6.42 Å². The average molecular weight is 382 g/mol. The fourth-order valence-electron chi connectivity index (χ4n) is 2.55. The number of nitrogens with one attached hydrogen (secondary N) is 2. The molecule has 2 aromatic carbocycles. The van der Waals surface area contributed by atoms with Crippen LogP contribution in [0, 0.1) is 0 Å². The van der Waals surface area contributed by atoms with Gasteiger partial charge in [-0.05, 0) is 48.4 Å². The fourth-order valence-corrected chi connectivity index (χ4v) is 2.74. The van der Waals surface area contributed by atoms with E-state index in [2.05, 4.69) is 21.7 Å². The molecule has 3 rings (SSSR count). The number of para-hydroxylation sites is 1. The topological polar surface area (TPSA) is 63.2 Å². The summed E-state index contributed by atoms with van der Waals surface area (Å²) in [5.74, 6) is 1.31. The van der Waals surface area contributed by atoms with Crippen LogP contribution in [0.3, 0.4) is 0 Å². The first kappa shape index (κ1) is 18.7. The Hall–Kier alpha value is -3.05. The summed E-state index contributed by atoms with van der Waals surface area (Å²) >= 11 is 6.06. The Bertz CT molecular complexity index is 913. The van der Waals surface area contributed by atoms with Crippen molar-refractivity contribution < 1.29 is 9.53 Å². The largest absolute Gasteiger partial charge is 0.497 e. The van der Waals surface area contributed by atoms with Crippen LogP contribution in [-0.4, -0.2) is 24.5 Å². The van der Waals surface area contributed by atoms with Crippen LogP contribution >= 0.6 is 11.6 Å². The van der Waals surface area contributed by atoms with Crippen molar-refractivity contribution in [2.45, 2.75) is 6.42 Å². The van der Waals surface area contributed by atoms with Crippen molar-refractivity contribution in [3.63, 3.8) is 0 Å². The molecule has 27 heavy (non-hydrogen) atoms. The zero-order chi connectivity index (χ0) is 19.1. The molecular formula is C21H20ClN3O2. The van der Waals surface area contributed by atoms with Crippen LogP contribution in [0.2, 0.25) is 5.02 Å². The summed E-state index contributed by atoms with van der Waals surface area (Å²) in [4.78, 5) is 16.6. The van der Waals surface area contributed by atoms with E-state index in [4.69, 9.17) is 16.3 Å². The monoisotopic (exact) mass is 381 g/mol. The number of nitrogens with zero attached hydrogens (tertiary/aromatic N) is 1. The minimum absolute atomic E-state index is 0.251. The van der Waals surface area contributed by atoms with Gasteiger partial charge in [0.2, 0.25) is 0 Å². The van der Waals surface area contributed by atoms with Crippen LogP contribution in [0.15, 0.2) is 66.9 Å². The highest BCUT2D eigenvalue weighted by Gasteiger charge is 2.08. The molecule has 138 valence electrons.